The number of hydrogen-bond donors (Lipinski definition) is 2. The molecule has 0 aliphatic heterocycles. The molecule has 2 N–H and O–H groups in total. The van der Waals surface area contributed by atoms with Crippen molar-refractivity contribution in [3.8, 4) is 0 Å². The van der Waals surface area contributed by atoms with Crippen molar-refractivity contribution in [1.29, 1.82) is 0 Å². The van der Waals surface area contributed by atoms with Crippen LogP contribution in [0.15, 0.2) is 12.4 Å². The minimum absolute atomic E-state index is 0.428. The maximum atomic E-state index is 4.37. The Morgan fingerprint density at radius 1 is 1.50 bits per heavy atom. The fourth-order valence-electron chi connectivity index (χ4n) is 2.71. The summed E-state index contributed by atoms with van der Waals surface area (Å²) in [5.74, 6) is 0. The Bertz CT molecular complexity index is 539. The first-order valence-corrected chi connectivity index (χ1v) is 6.48. The van der Waals surface area contributed by atoms with Crippen LogP contribution in [0.2, 0.25) is 0 Å². The van der Waals surface area contributed by atoms with E-state index in [4.69, 9.17) is 0 Å². The molecule has 0 spiro atoms. The minimum Gasteiger partial charge on any atom is -0.306 e. The van der Waals surface area contributed by atoms with E-state index in [2.05, 4.69) is 27.5 Å². The number of H-pyrrole nitrogens is 1. The summed E-state index contributed by atoms with van der Waals surface area (Å²) in [7, 11) is 2.03. The molecule has 1 aliphatic rings. The molecule has 2 aromatic rings. The van der Waals surface area contributed by atoms with Gasteiger partial charge in [-0.25, -0.2) is 0 Å². The molecule has 1 unspecified atom stereocenters. The zero-order chi connectivity index (χ0) is 12.5. The largest absolute Gasteiger partial charge is 0.306 e. The molecule has 0 bridgehead atoms. The van der Waals surface area contributed by atoms with Crippen LogP contribution in [0.4, 0.5) is 0 Å². The van der Waals surface area contributed by atoms with Gasteiger partial charge in [0, 0.05) is 42.1 Å². The highest BCUT2D eigenvalue weighted by molar-refractivity contribution is 5.25. The number of rotatable bonds is 3. The normalized spacial score (nSPS) is 18.9. The lowest BCUT2D eigenvalue weighted by Gasteiger charge is -2.23. The fraction of sp³-hybridized carbons (Fsp3) is 0.538. The topological polar surface area (TPSA) is 58.5 Å². The molecular formula is C13H19N5. The van der Waals surface area contributed by atoms with Gasteiger partial charge in [0.15, 0.2) is 0 Å². The Morgan fingerprint density at radius 3 is 3.17 bits per heavy atom. The zero-order valence-corrected chi connectivity index (χ0v) is 10.9. The van der Waals surface area contributed by atoms with Gasteiger partial charge in [-0.15, -0.1) is 0 Å². The Balaban J connectivity index is 1.73. The van der Waals surface area contributed by atoms with E-state index in [9.17, 15) is 0 Å². The number of nitrogens with zero attached hydrogens (tertiary/aromatic N) is 3. The van der Waals surface area contributed by atoms with Crippen molar-refractivity contribution in [2.24, 2.45) is 7.05 Å². The van der Waals surface area contributed by atoms with E-state index in [1.54, 1.807) is 0 Å². The monoisotopic (exact) mass is 245 g/mol. The molecule has 2 heterocycles. The van der Waals surface area contributed by atoms with E-state index >= 15 is 0 Å². The lowest BCUT2D eigenvalue weighted by Crippen LogP contribution is -2.25. The molecule has 0 saturated carbocycles. The zero-order valence-electron chi connectivity index (χ0n) is 10.9. The van der Waals surface area contributed by atoms with Gasteiger partial charge >= 0.3 is 0 Å². The van der Waals surface area contributed by atoms with E-state index in [0.717, 1.165) is 18.7 Å². The Labute approximate surface area is 107 Å². The van der Waals surface area contributed by atoms with Gasteiger partial charge < -0.3 is 5.32 Å². The van der Waals surface area contributed by atoms with Crippen molar-refractivity contribution in [3.05, 3.63) is 34.9 Å². The third kappa shape index (κ3) is 1.95. The second-order valence-electron chi connectivity index (χ2n) is 5.02. The summed E-state index contributed by atoms with van der Waals surface area (Å²) < 4.78 is 2.01. The molecule has 0 amide bonds. The number of aromatic nitrogens is 4. The quantitative estimate of drug-likeness (QED) is 0.864. The van der Waals surface area contributed by atoms with Crippen LogP contribution in [0.25, 0.3) is 0 Å². The number of aromatic amines is 1. The van der Waals surface area contributed by atoms with Crippen molar-refractivity contribution in [2.75, 3.05) is 0 Å². The van der Waals surface area contributed by atoms with Crippen LogP contribution in [0, 0.1) is 6.92 Å². The third-order valence-corrected chi connectivity index (χ3v) is 3.85. The van der Waals surface area contributed by atoms with Crippen LogP contribution in [0.1, 0.15) is 41.4 Å². The number of nitrogens with one attached hydrogen (secondary N) is 2. The SMILES string of the molecule is Cc1[nH]ncc1CNC1CCCc2c1cnn2C. The molecule has 2 aromatic heterocycles. The van der Waals surface area contributed by atoms with Crippen LogP contribution >= 0.6 is 0 Å². The summed E-state index contributed by atoms with van der Waals surface area (Å²) in [6.45, 7) is 2.92. The van der Waals surface area contributed by atoms with Gasteiger partial charge in [0.05, 0.1) is 12.4 Å². The lowest BCUT2D eigenvalue weighted by molar-refractivity contribution is 0.451. The first-order chi connectivity index (χ1) is 8.75. The highest BCUT2D eigenvalue weighted by Gasteiger charge is 2.22. The molecule has 96 valence electrons. The van der Waals surface area contributed by atoms with Crippen molar-refractivity contribution < 1.29 is 0 Å². The predicted molar refractivity (Wildman–Crippen MR) is 69.1 cm³/mol. The summed E-state index contributed by atoms with van der Waals surface area (Å²) in [6.07, 6.45) is 7.47. The molecule has 0 fully saturated rings. The highest BCUT2D eigenvalue weighted by atomic mass is 15.3. The predicted octanol–water partition coefficient (Wildman–Crippen LogP) is 1.62. The summed E-state index contributed by atoms with van der Waals surface area (Å²) in [5.41, 5.74) is 5.13. The van der Waals surface area contributed by atoms with Gasteiger partial charge in [-0.2, -0.15) is 10.2 Å². The maximum absolute atomic E-state index is 4.37. The molecule has 18 heavy (non-hydrogen) atoms. The molecule has 0 radical (unpaired) electrons. The van der Waals surface area contributed by atoms with Gasteiger partial charge in [0.25, 0.3) is 0 Å². The number of hydrogen-bond acceptors (Lipinski definition) is 3. The van der Waals surface area contributed by atoms with Gasteiger partial charge in [-0.3, -0.25) is 9.78 Å². The lowest BCUT2D eigenvalue weighted by atomic mass is 9.93. The van der Waals surface area contributed by atoms with Crippen LogP contribution < -0.4 is 5.32 Å². The standard InChI is InChI=1S/C13H19N5/c1-9-10(7-15-17-9)6-14-12-4-3-5-13-11(12)8-16-18(13)2/h7-8,12,14H,3-6H2,1-2H3,(H,15,17). The van der Waals surface area contributed by atoms with Gasteiger partial charge in [-0.05, 0) is 26.2 Å². The molecule has 5 nitrogen and oxygen atoms in total. The average Bonchev–Trinajstić information content (AvgIpc) is 2.95. The third-order valence-electron chi connectivity index (χ3n) is 3.85. The first-order valence-electron chi connectivity index (χ1n) is 6.48. The second-order valence-corrected chi connectivity index (χ2v) is 5.02. The molecular weight excluding hydrogens is 226 g/mol. The molecule has 1 atom stereocenters. The average molecular weight is 245 g/mol. The fourth-order valence-corrected chi connectivity index (χ4v) is 2.71. The van der Waals surface area contributed by atoms with E-state index in [1.807, 2.05) is 24.1 Å². The highest BCUT2D eigenvalue weighted by Crippen LogP contribution is 2.29. The smallest absolute Gasteiger partial charge is 0.0540 e. The Hall–Kier alpha value is -1.62. The van der Waals surface area contributed by atoms with E-state index in [0.29, 0.717) is 6.04 Å². The summed E-state index contributed by atoms with van der Waals surface area (Å²) in [4.78, 5) is 0. The van der Waals surface area contributed by atoms with Crippen molar-refractivity contribution in [2.45, 2.75) is 38.8 Å². The second kappa shape index (κ2) is 4.57. The van der Waals surface area contributed by atoms with Crippen molar-refractivity contribution >= 4 is 0 Å². The summed E-state index contributed by atoms with van der Waals surface area (Å²) in [5, 5.41) is 15.0. The van der Waals surface area contributed by atoms with Crippen LogP contribution in [0.3, 0.4) is 0 Å². The van der Waals surface area contributed by atoms with Crippen LogP contribution in [-0.4, -0.2) is 20.0 Å². The number of fused-ring (bicyclic) bond motifs is 1. The van der Waals surface area contributed by atoms with E-state index in [-0.39, 0.29) is 0 Å². The number of aryl methyl sites for hydroxylation is 2. The summed E-state index contributed by atoms with van der Waals surface area (Å²) in [6, 6.07) is 0.428. The molecule has 3 rings (SSSR count). The van der Waals surface area contributed by atoms with Gasteiger partial charge in [-0.1, -0.05) is 0 Å². The summed E-state index contributed by atoms with van der Waals surface area (Å²) >= 11 is 0. The maximum Gasteiger partial charge on any atom is 0.0540 e. The first kappa shape index (κ1) is 11.5. The van der Waals surface area contributed by atoms with Crippen LogP contribution in [0.5, 0.6) is 0 Å². The molecule has 0 saturated heterocycles. The van der Waals surface area contributed by atoms with Crippen molar-refractivity contribution in [3.63, 3.8) is 0 Å². The Morgan fingerprint density at radius 2 is 2.39 bits per heavy atom. The minimum atomic E-state index is 0.428. The van der Waals surface area contributed by atoms with Gasteiger partial charge in [0.1, 0.15) is 0 Å². The molecule has 5 heteroatoms. The Kier molecular flexibility index (Phi) is 2.91. The van der Waals surface area contributed by atoms with Gasteiger partial charge in [0.2, 0.25) is 0 Å². The van der Waals surface area contributed by atoms with E-state index in [1.165, 1.54) is 29.7 Å². The molecule has 0 aromatic carbocycles. The molecule has 1 aliphatic carbocycles. The van der Waals surface area contributed by atoms with E-state index < -0.39 is 0 Å². The van der Waals surface area contributed by atoms with Crippen molar-refractivity contribution in [1.82, 2.24) is 25.3 Å². The van der Waals surface area contributed by atoms with Crippen LogP contribution in [-0.2, 0) is 20.0 Å².